The molecule has 0 aliphatic heterocycles. The maximum Gasteiger partial charge on any atom is 0.573 e. The van der Waals surface area contributed by atoms with Crippen molar-refractivity contribution in [2.24, 2.45) is 0 Å². The number of unbranched alkanes of at least 4 members (excludes halogenated alkanes) is 3. The Morgan fingerprint density at radius 3 is 2.12 bits per heavy atom. The molecule has 26 heavy (non-hydrogen) atoms. The Balaban J connectivity index is 2.20. The number of carbonyl (C=O) groups excluding carboxylic acids is 2. The summed E-state index contributed by atoms with van der Waals surface area (Å²) in [7, 11) is 0. The fraction of sp³-hybridized carbons (Fsp3) is 0.556. The second-order valence-electron chi connectivity index (χ2n) is 5.63. The molecular formula is C18H23F3O5. The minimum atomic E-state index is -4.75. The number of benzene rings is 1. The molecular weight excluding hydrogens is 353 g/mol. The molecule has 0 spiro atoms. The van der Waals surface area contributed by atoms with E-state index in [1.165, 1.54) is 12.1 Å². The lowest BCUT2D eigenvalue weighted by molar-refractivity contribution is -0.274. The van der Waals surface area contributed by atoms with Crippen molar-refractivity contribution in [2.75, 3.05) is 6.61 Å². The van der Waals surface area contributed by atoms with Gasteiger partial charge >= 0.3 is 18.3 Å². The van der Waals surface area contributed by atoms with Gasteiger partial charge in [-0.25, -0.2) is 0 Å². The van der Waals surface area contributed by atoms with Crippen LogP contribution in [0.4, 0.5) is 13.2 Å². The quantitative estimate of drug-likeness (QED) is 0.419. The van der Waals surface area contributed by atoms with Crippen molar-refractivity contribution in [1.82, 2.24) is 0 Å². The lowest BCUT2D eigenvalue weighted by Crippen LogP contribution is -2.17. The average Bonchev–Trinajstić information content (AvgIpc) is 2.58. The Bertz CT molecular complexity index is 555. The molecule has 0 fully saturated rings. The van der Waals surface area contributed by atoms with E-state index in [4.69, 9.17) is 9.47 Å². The Morgan fingerprint density at radius 2 is 1.54 bits per heavy atom. The molecule has 1 aromatic carbocycles. The molecule has 0 aliphatic carbocycles. The summed E-state index contributed by atoms with van der Waals surface area (Å²) in [4.78, 5) is 23.1. The number of hydrogen-bond acceptors (Lipinski definition) is 5. The molecule has 0 atom stereocenters. The summed E-state index contributed by atoms with van der Waals surface area (Å²) in [5.74, 6) is -1.38. The second kappa shape index (κ2) is 11.4. The zero-order valence-electron chi connectivity index (χ0n) is 14.6. The smallest absolute Gasteiger partial charge is 0.466 e. The first kappa shape index (κ1) is 21.8. The van der Waals surface area contributed by atoms with Crippen LogP contribution in [0.15, 0.2) is 24.3 Å². The van der Waals surface area contributed by atoms with Crippen LogP contribution in [0.25, 0.3) is 0 Å². The highest BCUT2D eigenvalue weighted by atomic mass is 19.4. The van der Waals surface area contributed by atoms with Gasteiger partial charge in [-0.05, 0) is 24.1 Å². The Morgan fingerprint density at radius 1 is 0.923 bits per heavy atom. The predicted molar refractivity (Wildman–Crippen MR) is 87.3 cm³/mol. The normalized spacial score (nSPS) is 11.1. The molecule has 0 saturated heterocycles. The average molecular weight is 376 g/mol. The van der Waals surface area contributed by atoms with Gasteiger partial charge < -0.3 is 14.2 Å². The fourth-order valence-electron chi connectivity index (χ4n) is 2.01. The third kappa shape index (κ3) is 10.6. The van der Waals surface area contributed by atoms with E-state index in [9.17, 15) is 22.8 Å². The monoisotopic (exact) mass is 376 g/mol. The minimum absolute atomic E-state index is 0.0645. The summed E-state index contributed by atoms with van der Waals surface area (Å²) in [5, 5.41) is 0. The van der Waals surface area contributed by atoms with E-state index in [-0.39, 0.29) is 25.2 Å². The molecule has 0 aromatic heterocycles. The van der Waals surface area contributed by atoms with E-state index in [0.29, 0.717) is 12.2 Å². The Labute approximate surface area is 150 Å². The van der Waals surface area contributed by atoms with Gasteiger partial charge in [0.15, 0.2) is 0 Å². The summed E-state index contributed by atoms with van der Waals surface area (Å²) in [5.41, 5.74) is 0.506. The van der Waals surface area contributed by atoms with Crippen LogP contribution in [0.1, 0.15) is 51.0 Å². The maximum absolute atomic E-state index is 12.0. The summed E-state index contributed by atoms with van der Waals surface area (Å²) in [6.07, 6.45) is -0.936. The van der Waals surface area contributed by atoms with E-state index >= 15 is 0 Å². The molecule has 0 radical (unpaired) electrons. The summed E-state index contributed by atoms with van der Waals surface area (Å²) < 4.78 is 49.9. The molecule has 8 heteroatoms. The van der Waals surface area contributed by atoms with Gasteiger partial charge in [-0.2, -0.15) is 0 Å². The fourth-order valence-corrected chi connectivity index (χ4v) is 2.01. The van der Waals surface area contributed by atoms with Crippen LogP contribution in [0, 0.1) is 0 Å². The van der Waals surface area contributed by atoms with Crippen molar-refractivity contribution in [3.05, 3.63) is 29.8 Å². The molecule has 146 valence electrons. The van der Waals surface area contributed by atoms with Crippen molar-refractivity contribution in [3.8, 4) is 5.75 Å². The molecule has 1 rings (SSSR count). The van der Waals surface area contributed by atoms with E-state index in [0.717, 1.165) is 37.8 Å². The number of ether oxygens (including phenoxy) is 3. The van der Waals surface area contributed by atoms with Crippen LogP contribution in [-0.4, -0.2) is 24.9 Å². The third-order valence-corrected chi connectivity index (χ3v) is 3.35. The number of esters is 2. The molecule has 0 heterocycles. The Kier molecular flexibility index (Phi) is 9.54. The Hall–Kier alpha value is -2.25. The van der Waals surface area contributed by atoms with E-state index in [1.807, 2.05) is 0 Å². The van der Waals surface area contributed by atoms with Crippen LogP contribution < -0.4 is 4.74 Å². The van der Waals surface area contributed by atoms with Crippen LogP contribution in [0.5, 0.6) is 5.75 Å². The third-order valence-electron chi connectivity index (χ3n) is 3.35. The molecule has 0 aliphatic rings. The first-order valence-electron chi connectivity index (χ1n) is 8.46. The SMILES string of the molecule is CCCCCCOC(=O)CCC(=O)OCc1ccc(OC(F)(F)F)cc1. The zero-order valence-corrected chi connectivity index (χ0v) is 14.6. The molecule has 0 saturated carbocycles. The van der Waals surface area contributed by atoms with Gasteiger partial charge in [0.25, 0.3) is 0 Å². The highest BCUT2D eigenvalue weighted by Gasteiger charge is 2.30. The number of alkyl halides is 3. The standard InChI is InChI=1S/C18H23F3O5/c1-2-3-4-5-12-24-16(22)10-11-17(23)25-13-14-6-8-15(9-7-14)26-18(19,20)21/h6-9H,2-5,10-13H2,1H3. The van der Waals surface area contributed by atoms with Crippen molar-refractivity contribution >= 4 is 11.9 Å². The van der Waals surface area contributed by atoms with Crippen LogP contribution in [0.3, 0.4) is 0 Å². The van der Waals surface area contributed by atoms with E-state index < -0.39 is 18.3 Å². The molecule has 1 aromatic rings. The number of halogens is 3. The topological polar surface area (TPSA) is 61.8 Å². The number of rotatable bonds is 11. The first-order chi connectivity index (χ1) is 12.3. The first-order valence-corrected chi connectivity index (χ1v) is 8.46. The van der Waals surface area contributed by atoms with Gasteiger partial charge in [0.05, 0.1) is 19.4 Å². The lowest BCUT2D eigenvalue weighted by atomic mass is 10.2. The molecule has 0 unspecified atom stereocenters. The van der Waals surface area contributed by atoms with Crippen LogP contribution in [-0.2, 0) is 25.7 Å². The van der Waals surface area contributed by atoms with Crippen molar-refractivity contribution < 1.29 is 37.0 Å². The van der Waals surface area contributed by atoms with Crippen molar-refractivity contribution in [1.29, 1.82) is 0 Å². The van der Waals surface area contributed by atoms with Gasteiger partial charge in [0, 0.05) is 0 Å². The molecule has 5 nitrogen and oxygen atoms in total. The minimum Gasteiger partial charge on any atom is -0.466 e. The van der Waals surface area contributed by atoms with Gasteiger partial charge in [0.2, 0.25) is 0 Å². The molecule has 0 amide bonds. The van der Waals surface area contributed by atoms with Crippen LogP contribution in [0.2, 0.25) is 0 Å². The second-order valence-corrected chi connectivity index (χ2v) is 5.63. The van der Waals surface area contributed by atoms with Crippen molar-refractivity contribution in [3.63, 3.8) is 0 Å². The van der Waals surface area contributed by atoms with E-state index in [2.05, 4.69) is 11.7 Å². The highest BCUT2D eigenvalue weighted by molar-refractivity contribution is 5.77. The number of hydrogen-bond donors (Lipinski definition) is 0. The molecule has 0 N–H and O–H groups in total. The van der Waals surface area contributed by atoms with Gasteiger partial charge in [0.1, 0.15) is 12.4 Å². The lowest BCUT2D eigenvalue weighted by Gasteiger charge is -2.09. The molecule has 0 bridgehead atoms. The summed E-state index contributed by atoms with van der Waals surface area (Å²) in [6, 6.07) is 4.98. The zero-order chi connectivity index (χ0) is 19.4. The predicted octanol–water partition coefficient (Wildman–Crippen LogP) is 4.53. The van der Waals surface area contributed by atoms with Crippen molar-refractivity contribution in [2.45, 2.75) is 58.4 Å². The van der Waals surface area contributed by atoms with E-state index in [1.54, 1.807) is 0 Å². The van der Waals surface area contributed by atoms with Gasteiger partial charge in [-0.1, -0.05) is 38.3 Å². The number of carbonyl (C=O) groups is 2. The summed E-state index contributed by atoms with van der Waals surface area (Å²) >= 11 is 0. The van der Waals surface area contributed by atoms with Gasteiger partial charge in [-0.3, -0.25) is 9.59 Å². The van der Waals surface area contributed by atoms with Crippen LogP contribution >= 0.6 is 0 Å². The van der Waals surface area contributed by atoms with Gasteiger partial charge in [-0.15, -0.1) is 13.2 Å². The maximum atomic E-state index is 12.0. The largest absolute Gasteiger partial charge is 0.573 e. The summed E-state index contributed by atoms with van der Waals surface area (Å²) in [6.45, 7) is 2.33. The highest BCUT2D eigenvalue weighted by Crippen LogP contribution is 2.22.